The first-order valence-corrected chi connectivity index (χ1v) is 4.91. The zero-order valence-corrected chi connectivity index (χ0v) is 8.93. The number of carbonyl (C=O) groups excluding carboxylic acids is 1. The van der Waals surface area contributed by atoms with Crippen molar-refractivity contribution >= 4 is 22.9 Å². The summed E-state index contributed by atoms with van der Waals surface area (Å²) in [5, 5.41) is 0.815. The zero-order valence-electron chi connectivity index (χ0n) is 8.93. The molecule has 0 N–H and O–H groups in total. The Bertz CT molecular complexity index is 561. The van der Waals surface area contributed by atoms with Crippen LogP contribution in [-0.2, 0) is 4.79 Å². The molecule has 0 radical (unpaired) electrons. The third-order valence-corrected chi connectivity index (χ3v) is 2.23. The lowest BCUT2D eigenvalue weighted by Gasteiger charge is -2.08. The van der Waals surface area contributed by atoms with E-state index in [1.54, 1.807) is 12.3 Å². The van der Waals surface area contributed by atoms with Crippen molar-refractivity contribution in [1.82, 2.24) is 4.98 Å². The topological polar surface area (TPSA) is 39.2 Å². The predicted molar refractivity (Wildman–Crippen MR) is 63.1 cm³/mol. The summed E-state index contributed by atoms with van der Waals surface area (Å²) in [7, 11) is 0. The molecular formula is C13H11NO2. The average molecular weight is 213 g/mol. The van der Waals surface area contributed by atoms with E-state index in [-0.39, 0.29) is 5.97 Å². The van der Waals surface area contributed by atoms with Gasteiger partial charge in [-0.05, 0) is 24.3 Å². The summed E-state index contributed by atoms with van der Waals surface area (Å²) >= 11 is 0. The highest BCUT2D eigenvalue weighted by Crippen LogP contribution is 2.29. The molecule has 0 saturated heterocycles. The van der Waals surface area contributed by atoms with E-state index in [4.69, 9.17) is 4.74 Å². The molecule has 0 aliphatic heterocycles. The van der Waals surface area contributed by atoms with Crippen molar-refractivity contribution < 1.29 is 9.53 Å². The van der Waals surface area contributed by atoms with E-state index in [2.05, 4.69) is 11.6 Å². The Morgan fingerprint density at radius 1 is 1.44 bits per heavy atom. The molecule has 3 heteroatoms. The number of ether oxygens (including phenoxy) is 1. The molecule has 2 rings (SSSR count). The van der Waals surface area contributed by atoms with Crippen molar-refractivity contribution in [3.8, 4) is 5.75 Å². The smallest absolute Gasteiger partial charge is 0.308 e. The van der Waals surface area contributed by atoms with E-state index >= 15 is 0 Å². The Hall–Kier alpha value is -2.16. The highest BCUT2D eigenvalue weighted by atomic mass is 16.5. The Labute approximate surface area is 93.4 Å². The van der Waals surface area contributed by atoms with Gasteiger partial charge in [0.1, 0.15) is 5.75 Å². The fraction of sp³-hybridized carbons (Fsp3) is 0.0769. The van der Waals surface area contributed by atoms with Crippen LogP contribution in [0.5, 0.6) is 5.75 Å². The minimum Gasteiger partial charge on any atom is -0.425 e. The maximum absolute atomic E-state index is 11.0. The summed E-state index contributed by atoms with van der Waals surface area (Å²) in [6.45, 7) is 5.07. The van der Waals surface area contributed by atoms with Crippen molar-refractivity contribution in [2.24, 2.45) is 0 Å². The van der Waals surface area contributed by atoms with Gasteiger partial charge in [0.25, 0.3) is 0 Å². The van der Waals surface area contributed by atoms with Crippen LogP contribution in [0.4, 0.5) is 0 Å². The van der Waals surface area contributed by atoms with Gasteiger partial charge in [0.15, 0.2) is 0 Å². The molecule has 0 spiro atoms. The number of pyridine rings is 1. The second-order valence-electron chi connectivity index (χ2n) is 3.35. The van der Waals surface area contributed by atoms with Crippen molar-refractivity contribution in [2.75, 3.05) is 0 Å². The van der Waals surface area contributed by atoms with E-state index in [0.29, 0.717) is 5.75 Å². The molecule has 1 aromatic heterocycles. The number of fused-ring (bicyclic) bond motifs is 1. The van der Waals surface area contributed by atoms with Gasteiger partial charge in [0.2, 0.25) is 0 Å². The Balaban J connectivity index is 2.72. The van der Waals surface area contributed by atoms with Crippen LogP contribution in [0.15, 0.2) is 37.0 Å². The lowest BCUT2D eigenvalue weighted by atomic mass is 10.1. The quantitative estimate of drug-likeness (QED) is 0.568. The normalized spacial score (nSPS) is 10.1. The molecule has 1 heterocycles. The van der Waals surface area contributed by atoms with Crippen LogP contribution in [0.3, 0.4) is 0 Å². The highest BCUT2D eigenvalue weighted by molar-refractivity contribution is 5.91. The van der Waals surface area contributed by atoms with E-state index in [9.17, 15) is 4.79 Å². The fourth-order valence-electron chi connectivity index (χ4n) is 1.56. The number of rotatable bonds is 2. The number of carbonyl (C=O) groups is 1. The average Bonchev–Trinajstić information content (AvgIpc) is 2.29. The van der Waals surface area contributed by atoms with Gasteiger partial charge in [-0.15, -0.1) is 0 Å². The molecule has 0 aliphatic carbocycles. The molecule has 0 bridgehead atoms. The first-order chi connectivity index (χ1) is 7.72. The van der Waals surface area contributed by atoms with E-state index < -0.39 is 0 Å². The van der Waals surface area contributed by atoms with Crippen molar-refractivity contribution in [2.45, 2.75) is 6.92 Å². The highest BCUT2D eigenvalue weighted by Gasteiger charge is 2.09. The Morgan fingerprint density at radius 2 is 2.25 bits per heavy atom. The van der Waals surface area contributed by atoms with E-state index in [1.165, 1.54) is 6.92 Å². The fourth-order valence-corrected chi connectivity index (χ4v) is 1.56. The van der Waals surface area contributed by atoms with Crippen LogP contribution in [0, 0.1) is 0 Å². The van der Waals surface area contributed by atoms with Gasteiger partial charge >= 0.3 is 5.97 Å². The minimum absolute atomic E-state index is 0.348. The summed E-state index contributed by atoms with van der Waals surface area (Å²) in [5.74, 6) is 0.174. The third kappa shape index (κ3) is 1.80. The molecule has 2 aromatic rings. The largest absolute Gasteiger partial charge is 0.425 e. The Morgan fingerprint density at radius 3 is 2.94 bits per heavy atom. The van der Waals surface area contributed by atoms with Gasteiger partial charge in [-0.3, -0.25) is 9.78 Å². The zero-order chi connectivity index (χ0) is 11.5. The molecule has 16 heavy (non-hydrogen) atoms. The van der Waals surface area contributed by atoms with E-state index in [1.807, 2.05) is 24.3 Å². The van der Waals surface area contributed by atoms with Gasteiger partial charge in [0, 0.05) is 24.1 Å². The van der Waals surface area contributed by atoms with Gasteiger partial charge in [0.05, 0.1) is 5.52 Å². The molecule has 0 saturated carbocycles. The number of nitrogens with zero attached hydrogens (tertiary/aromatic N) is 1. The molecule has 0 unspecified atom stereocenters. The molecule has 1 aromatic carbocycles. The standard InChI is InChI=1S/C13H11NO2/c1-3-10-6-7-12-11(5-4-8-14-12)13(10)16-9(2)15/h3-8H,1H2,2H3. The van der Waals surface area contributed by atoms with Crippen molar-refractivity contribution in [1.29, 1.82) is 0 Å². The maximum atomic E-state index is 11.0. The number of aromatic nitrogens is 1. The summed E-state index contributed by atoms with van der Waals surface area (Å²) < 4.78 is 5.20. The summed E-state index contributed by atoms with van der Waals surface area (Å²) in [6, 6.07) is 7.38. The monoisotopic (exact) mass is 213 g/mol. The molecule has 0 amide bonds. The summed E-state index contributed by atoms with van der Waals surface area (Å²) in [6.07, 6.45) is 3.36. The maximum Gasteiger partial charge on any atom is 0.308 e. The summed E-state index contributed by atoms with van der Waals surface area (Å²) in [4.78, 5) is 15.2. The Kier molecular flexibility index (Phi) is 2.68. The molecule has 80 valence electrons. The number of benzene rings is 1. The van der Waals surface area contributed by atoms with Gasteiger partial charge in [-0.25, -0.2) is 0 Å². The second kappa shape index (κ2) is 4.14. The van der Waals surface area contributed by atoms with Crippen LogP contribution in [0.2, 0.25) is 0 Å². The first-order valence-electron chi connectivity index (χ1n) is 4.91. The van der Waals surface area contributed by atoms with Gasteiger partial charge in [-0.1, -0.05) is 12.7 Å². The second-order valence-corrected chi connectivity index (χ2v) is 3.35. The third-order valence-electron chi connectivity index (χ3n) is 2.23. The molecular weight excluding hydrogens is 202 g/mol. The summed E-state index contributed by atoms with van der Waals surface area (Å²) in [5.41, 5.74) is 1.58. The van der Waals surface area contributed by atoms with Crippen LogP contribution >= 0.6 is 0 Å². The minimum atomic E-state index is -0.348. The van der Waals surface area contributed by atoms with Gasteiger partial charge in [-0.2, -0.15) is 0 Å². The van der Waals surface area contributed by atoms with Crippen LogP contribution < -0.4 is 4.74 Å². The molecule has 0 aliphatic rings. The van der Waals surface area contributed by atoms with Crippen LogP contribution in [0.25, 0.3) is 17.0 Å². The molecule has 0 fully saturated rings. The molecule has 0 atom stereocenters. The first kappa shape index (κ1) is 10.4. The van der Waals surface area contributed by atoms with E-state index in [0.717, 1.165) is 16.5 Å². The lowest BCUT2D eigenvalue weighted by Crippen LogP contribution is -2.03. The van der Waals surface area contributed by atoms with Gasteiger partial charge < -0.3 is 4.74 Å². The predicted octanol–water partition coefficient (Wildman–Crippen LogP) is 2.80. The van der Waals surface area contributed by atoms with Crippen molar-refractivity contribution in [3.05, 3.63) is 42.6 Å². The number of esters is 1. The molecule has 3 nitrogen and oxygen atoms in total. The van der Waals surface area contributed by atoms with Crippen LogP contribution in [0.1, 0.15) is 12.5 Å². The van der Waals surface area contributed by atoms with Crippen LogP contribution in [-0.4, -0.2) is 11.0 Å². The SMILES string of the molecule is C=Cc1ccc2ncccc2c1OC(C)=O. The number of hydrogen-bond donors (Lipinski definition) is 0. The lowest BCUT2D eigenvalue weighted by molar-refractivity contribution is -0.131. The number of hydrogen-bond acceptors (Lipinski definition) is 3. The van der Waals surface area contributed by atoms with Crippen molar-refractivity contribution in [3.63, 3.8) is 0 Å².